The van der Waals surface area contributed by atoms with E-state index in [4.69, 9.17) is 10.7 Å². The summed E-state index contributed by atoms with van der Waals surface area (Å²) in [6.45, 7) is 2.18. The van der Waals surface area contributed by atoms with Gasteiger partial charge in [-0.2, -0.15) is 0 Å². The minimum Gasteiger partial charge on any atom is -0.343 e. The average Bonchev–Trinajstić information content (AvgIpc) is 2.64. The second-order valence-electron chi connectivity index (χ2n) is 6.84. The summed E-state index contributed by atoms with van der Waals surface area (Å²) in [5.74, 6) is 1.03. The molecule has 0 amide bonds. The maximum Gasteiger partial charge on any atom is 0.198 e. The molecule has 1 aromatic carbocycles. The monoisotopic (exact) mass is 346 g/mol. The topological polar surface area (TPSA) is 53.6 Å². The summed E-state index contributed by atoms with van der Waals surface area (Å²) in [5.41, 5.74) is 7.50. The van der Waals surface area contributed by atoms with Crippen LogP contribution in [0.3, 0.4) is 0 Å². The van der Waals surface area contributed by atoms with Crippen LogP contribution in [0.5, 0.6) is 0 Å². The van der Waals surface area contributed by atoms with Crippen molar-refractivity contribution >= 4 is 23.4 Å². The maximum absolute atomic E-state index is 6.35. The second-order valence-corrected chi connectivity index (χ2v) is 7.69. The Kier molecular flexibility index (Phi) is 6.44. The van der Waals surface area contributed by atoms with Crippen LogP contribution >= 0.6 is 11.8 Å². The van der Waals surface area contributed by atoms with Crippen molar-refractivity contribution in [1.82, 2.24) is 4.90 Å². The first kappa shape index (κ1) is 17.6. The molecule has 1 saturated carbocycles. The first-order valence-electron chi connectivity index (χ1n) is 9.26. The Morgan fingerprint density at radius 3 is 2.62 bits per heavy atom. The number of likely N-dealkylation sites (tertiary alicyclic amines) is 1. The van der Waals surface area contributed by atoms with E-state index in [0.29, 0.717) is 0 Å². The Balaban J connectivity index is 1.83. The zero-order chi connectivity index (χ0) is 16.8. The van der Waals surface area contributed by atoms with Crippen molar-refractivity contribution in [3.8, 4) is 0 Å². The molecule has 5 heteroatoms. The van der Waals surface area contributed by atoms with Crippen molar-refractivity contribution in [2.75, 3.05) is 24.7 Å². The van der Waals surface area contributed by atoms with E-state index in [0.717, 1.165) is 37.6 Å². The third kappa shape index (κ3) is 4.45. The molecule has 4 nitrogen and oxygen atoms in total. The SMILES string of the molecule is CSc1ccccc1NC(=N[C@H]1CCCC[C@@H]1N)N1CCCCC1. The Labute approximate surface area is 150 Å². The molecule has 0 radical (unpaired) electrons. The fourth-order valence-electron chi connectivity index (χ4n) is 3.62. The molecule has 3 N–H and O–H groups in total. The van der Waals surface area contributed by atoms with Crippen LogP contribution < -0.4 is 11.1 Å². The van der Waals surface area contributed by atoms with E-state index in [9.17, 15) is 0 Å². The highest BCUT2D eigenvalue weighted by molar-refractivity contribution is 7.98. The molecule has 2 aliphatic rings. The quantitative estimate of drug-likeness (QED) is 0.495. The molecule has 24 heavy (non-hydrogen) atoms. The molecule has 1 aromatic rings. The number of nitrogens with zero attached hydrogens (tertiary/aromatic N) is 2. The van der Waals surface area contributed by atoms with Gasteiger partial charge in [0, 0.05) is 24.0 Å². The molecule has 0 bridgehead atoms. The van der Waals surface area contributed by atoms with Crippen molar-refractivity contribution in [3.63, 3.8) is 0 Å². The predicted octanol–water partition coefficient (Wildman–Crippen LogP) is 3.93. The largest absolute Gasteiger partial charge is 0.343 e. The number of hydrogen-bond donors (Lipinski definition) is 2. The molecule has 1 aliphatic heterocycles. The zero-order valence-electron chi connectivity index (χ0n) is 14.7. The van der Waals surface area contributed by atoms with Crippen molar-refractivity contribution in [1.29, 1.82) is 0 Å². The molecular weight excluding hydrogens is 316 g/mol. The number of guanidine groups is 1. The van der Waals surface area contributed by atoms with Crippen LogP contribution in [-0.4, -0.2) is 42.3 Å². The Morgan fingerprint density at radius 2 is 1.88 bits per heavy atom. The van der Waals surface area contributed by atoms with Gasteiger partial charge >= 0.3 is 0 Å². The third-order valence-electron chi connectivity index (χ3n) is 5.08. The maximum atomic E-state index is 6.35. The van der Waals surface area contributed by atoms with Crippen LogP contribution in [0.4, 0.5) is 5.69 Å². The highest BCUT2D eigenvalue weighted by Crippen LogP contribution is 2.26. The number of thioether (sulfide) groups is 1. The molecular formula is C19H30N4S. The van der Waals surface area contributed by atoms with E-state index in [1.54, 1.807) is 11.8 Å². The summed E-state index contributed by atoms with van der Waals surface area (Å²) in [5, 5.41) is 3.64. The molecule has 1 aliphatic carbocycles. The number of benzene rings is 1. The molecule has 0 spiro atoms. The smallest absolute Gasteiger partial charge is 0.198 e. The van der Waals surface area contributed by atoms with Crippen molar-refractivity contribution < 1.29 is 0 Å². The molecule has 2 atom stereocenters. The Hall–Kier alpha value is -1.20. The van der Waals surface area contributed by atoms with Crippen LogP contribution in [0.2, 0.25) is 0 Å². The lowest BCUT2D eigenvalue weighted by molar-refractivity contribution is 0.331. The van der Waals surface area contributed by atoms with Gasteiger partial charge in [-0.05, 0) is 50.5 Å². The molecule has 0 unspecified atom stereocenters. The molecule has 1 saturated heterocycles. The van der Waals surface area contributed by atoms with Gasteiger partial charge in [-0.25, -0.2) is 4.99 Å². The fraction of sp³-hybridized carbons (Fsp3) is 0.632. The van der Waals surface area contributed by atoms with Gasteiger partial charge in [0.25, 0.3) is 0 Å². The number of rotatable bonds is 3. The number of hydrogen-bond acceptors (Lipinski definition) is 3. The van der Waals surface area contributed by atoms with Crippen LogP contribution in [0, 0.1) is 0 Å². The number of anilines is 1. The molecule has 1 heterocycles. The summed E-state index contributed by atoms with van der Waals surface area (Å²) in [6.07, 6.45) is 10.7. The van der Waals surface area contributed by atoms with Crippen molar-refractivity contribution in [2.24, 2.45) is 10.7 Å². The summed E-state index contributed by atoms with van der Waals surface area (Å²) >= 11 is 1.77. The highest BCUT2D eigenvalue weighted by atomic mass is 32.2. The Morgan fingerprint density at radius 1 is 1.12 bits per heavy atom. The summed E-state index contributed by atoms with van der Waals surface area (Å²) < 4.78 is 0. The molecule has 0 aromatic heterocycles. The highest BCUT2D eigenvalue weighted by Gasteiger charge is 2.24. The summed E-state index contributed by atoms with van der Waals surface area (Å²) in [7, 11) is 0. The second kappa shape index (κ2) is 8.77. The van der Waals surface area contributed by atoms with Crippen molar-refractivity contribution in [3.05, 3.63) is 24.3 Å². The van der Waals surface area contributed by atoms with E-state index in [1.807, 2.05) is 0 Å². The average molecular weight is 347 g/mol. The van der Waals surface area contributed by atoms with E-state index >= 15 is 0 Å². The predicted molar refractivity (Wildman–Crippen MR) is 105 cm³/mol. The van der Waals surface area contributed by atoms with Crippen LogP contribution in [0.25, 0.3) is 0 Å². The van der Waals surface area contributed by atoms with Crippen LogP contribution in [0.1, 0.15) is 44.9 Å². The van der Waals surface area contributed by atoms with Crippen LogP contribution in [-0.2, 0) is 0 Å². The van der Waals surface area contributed by atoms with Gasteiger partial charge in [0.15, 0.2) is 5.96 Å². The van der Waals surface area contributed by atoms with Crippen molar-refractivity contribution in [2.45, 2.75) is 61.9 Å². The first-order chi connectivity index (χ1) is 11.8. The number of piperidine rings is 1. The van der Waals surface area contributed by atoms with Gasteiger partial charge in [-0.1, -0.05) is 25.0 Å². The molecule has 2 fully saturated rings. The lowest BCUT2D eigenvalue weighted by Crippen LogP contribution is -2.43. The summed E-state index contributed by atoms with van der Waals surface area (Å²) in [6, 6.07) is 8.94. The van der Waals surface area contributed by atoms with Gasteiger partial charge in [0.1, 0.15) is 0 Å². The fourth-order valence-corrected chi connectivity index (χ4v) is 4.18. The normalized spacial score (nSPS) is 25.6. The van der Waals surface area contributed by atoms with Crippen LogP contribution in [0.15, 0.2) is 34.2 Å². The van der Waals surface area contributed by atoms with E-state index in [1.165, 1.54) is 37.0 Å². The number of nitrogens with two attached hydrogens (primary N) is 1. The van der Waals surface area contributed by atoms with Gasteiger partial charge < -0.3 is 16.0 Å². The van der Waals surface area contributed by atoms with Gasteiger partial charge in [0.2, 0.25) is 0 Å². The number of para-hydroxylation sites is 1. The first-order valence-corrected chi connectivity index (χ1v) is 10.5. The number of nitrogens with one attached hydrogen (secondary N) is 1. The van der Waals surface area contributed by atoms with Gasteiger partial charge in [-0.3, -0.25) is 0 Å². The molecule has 3 rings (SSSR count). The third-order valence-corrected chi connectivity index (χ3v) is 5.87. The van der Waals surface area contributed by atoms with Gasteiger partial charge in [-0.15, -0.1) is 11.8 Å². The minimum absolute atomic E-state index is 0.205. The lowest BCUT2D eigenvalue weighted by atomic mass is 9.91. The Bertz CT molecular complexity index is 554. The van der Waals surface area contributed by atoms with Gasteiger partial charge in [0.05, 0.1) is 11.7 Å². The standard InChI is InChI=1S/C19H30N4S/c1-24-18-12-6-5-11-17(18)22-19(23-13-7-2-8-14-23)21-16-10-4-3-9-15(16)20/h5-6,11-12,15-16H,2-4,7-10,13-14,20H2,1H3,(H,21,22)/t15-,16-/m0/s1. The molecule has 132 valence electrons. The summed E-state index contributed by atoms with van der Waals surface area (Å²) in [4.78, 5) is 8.79. The lowest BCUT2D eigenvalue weighted by Gasteiger charge is -2.33. The van der Waals surface area contributed by atoms with E-state index in [2.05, 4.69) is 40.7 Å². The van der Waals surface area contributed by atoms with E-state index in [-0.39, 0.29) is 12.1 Å². The zero-order valence-corrected chi connectivity index (χ0v) is 15.5. The van der Waals surface area contributed by atoms with E-state index < -0.39 is 0 Å². The minimum atomic E-state index is 0.205. The number of aliphatic imine (C=N–C) groups is 1.